The van der Waals surface area contributed by atoms with Crippen molar-refractivity contribution in [1.29, 1.82) is 0 Å². The molecule has 12 nitrogen and oxygen atoms in total. The first-order valence-corrected chi connectivity index (χ1v) is 19.0. The van der Waals surface area contributed by atoms with Gasteiger partial charge in [0.2, 0.25) is 5.91 Å². The Bertz CT molecular complexity index is 2020. The summed E-state index contributed by atoms with van der Waals surface area (Å²) in [5, 5.41) is 23.4. The molecule has 0 aliphatic carbocycles. The molecule has 3 aliphatic rings. The number of non-ortho nitro benzene ring substituents is 1. The summed E-state index contributed by atoms with van der Waals surface area (Å²) >= 11 is 0. The van der Waals surface area contributed by atoms with Gasteiger partial charge in [-0.05, 0) is 52.8 Å². The first-order valence-electron chi connectivity index (χ1n) is 19.0. The van der Waals surface area contributed by atoms with Gasteiger partial charge in [-0.2, -0.15) is 13.2 Å². The Labute approximate surface area is 327 Å². The Balaban J connectivity index is 1.02. The number of aliphatic hydroxyl groups excluding tert-OH is 1. The summed E-state index contributed by atoms with van der Waals surface area (Å²) in [4.78, 5) is 40.8. The molecule has 3 fully saturated rings. The second-order valence-corrected chi connectivity index (χ2v) is 14.6. The van der Waals surface area contributed by atoms with Crippen LogP contribution >= 0.6 is 0 Å². The number of piperazine rings is 1. The van der Waals surface area contributed by atoms with E-state index < -0.39 is 35.2 Å². The van der Waals surface area contributed by atoms with Gasteiger partial charge in [-0.1, -0.05) is 72.8 Å². The van der Waals surface area contributed by atoms with Gasteiger partial charge in [-0.25, -0.2) is 0 Å². The quantitative estimate of drug-likeness (QED) is 0.133. The number of ether oxygens (including phenoxy) is 2. The number of carbonyl (C=O) groups excluding carboxylic acids is 2. The molecule has 4 aromatic carbocycles. The van der Waals surface area contributed by atoms with Gasteiger partial charge < -0.3 is 29.7 Å². The highest BCUT2D eigenvalue weighted by Gasteiger charge is 2.47. The fraction of sp³-hybridized carbons (Fsp3) is 0.381. The number of nitro groups is 1. The van der Waals surface area contributed by atoms with Crippen LogP contribution in [-0.2, 0) is 32.2 Å². The SMILES string of the molecule is O=C(NCc1ccccc1-c1ccc(C2OC(CN3CCN(c4ccc([N+](=O)[O-])cc4)CC3)CC(c3ccc(CO)cc3)O2)cc1)C1CCCN1C(=O)C(F)(F)F. The Morgan fingerprint density at radius 3 is 2.21 bits per heavy atom. The summed E-state index contributed by atoms with van der Waals surface area (Å²) in [7, 11) is 0. The van der Waals surface area contributed by atoms with Crippen molar-refractivity contribution in [2.45, 2.75) is 63.1 Å². The van der Waals surface area contributed by atoms with Crippen LogP contribution in [-0.4, -0.2) is 89.2 Å². The molecule has 0 aromatic heterocycles. The Kier molecular flexibility index (Phi) is 12.2. The maximum absolute atomic E-state index is 13.1. The zero-order valence-electron chi connectivity index (χ0n) is 31.1. The van der Waals surface area contributed by atoms with E-state index in [0.29, 0.717) is 24.3 Å². The molecule has 4 atom stereocenters. The highest BCUT2D eigenvalue weighted by Crippen LogP contribution is 2.39. The summed E-state index contributed by atoms with van der Waals surface area (Å²) in [6.45, 7) is 3.68. The van der Waals surface area contributed by atoms with E-state index in [0.717, 1.165) is 65.2 Å². The van der Waals surface area contributed by atoms with Gasteiger partial charge >= 0.3 is 12.1 Å². The van der Waals surface area contributed by atoms with Crippen molar-refractivity contribution in [2.75, 3.05) is 44.2 Å². The molecule has 2 amide bonds. The number of hydrogen-bond donors (Lipinski definition) is 2. The minimum atomic E-state index is -5.04. The van der Waals surface area contributed by atoms with Gasteiger partial charge in [0.1, 0.15) is 6.04 Å². The van der Waals surface area contributed by atoms with Gasteiger partial charge in [-0.3, -0.25) is 24.6 Å². The molecule has 3 aliphatic heterocycles. The third-order valence-corrected chi connectivity index (χ3v) is 10.9. The predicted octanol–water partition coefficient (Wildman–Crippen LogP) is 6.29. The van der Waals surface area contributed by atoms with Crippen LogP contribution in [0, 0.1) is 10.1 Å². The highest BCUT2D eigenvalue weighted by atomic mass is 19.4. The van der Waals surface area contributed by atoms with Gasteiger partial charge in [0, 0.05) is 75.6 Å². The van der Waals surface area contributed by atoms with Crippen molar-refractivity contribution >= 4 is 23.2 Å². The van der Waals surface area contributed by atoms with Crippen LogP contribution in [0.4, 0.5) is 24.5 Å². The Hall–Kier alpha value is -5.35. The fourth-order valence-electron chi connectivity index (χ4n) is 7.82. The maximum Gasteiger partial charge on any atom is 0.471 e. The Morgan fingerprint density at radius 1 is 0.860 bits per heavy atom. The number of rotatable bonds is 11. The molecule has 4 aromatic rings. The number of anilines is 1. The maximum atomic E-state index is 13.1. The predicted molar refractivity (Wildman–Crippen MR) is 205 cm³/mol. The number of nitro benzene ring substituents is 1. The molecule has 15 heteroatoms. The molecule has 0 spiro atoms. The number of hydrogen-bond acceptors (Lipinski definition) is 9. The largest absolute Gasteiger partial charge is 0.471 e. The molecular weight excluding hydrogens is 743 g/mol. The fourth-order valence-corrected chi connectivity index (χ4v) is 7.82. The van der Waals surface area contributed by atoms with E-state index in [1.165, 1.54) is 12.1 Å². The number of aliphatic hydroxyl groups is 1. The number of halogens is 3. The lowest BCUT2D eigenvalue weighted by Crippen LogP contribution is -2.50. The zero-order chi connectivity index (χ0) is 40.1. The van der Waals surface area contributed by atoms with E-state index >= 15 is 0 Å². The van der Waals surface area contributed by atoms with Crippen molar-refractivity contribution < 1.29 is 42.3 Å². The molecule has 3 heterocycles. The van der Waals surface area contributed by atoms with Crippen molar-refractivity contribution in [3.63, 3.8) is 0 Å². The number of benzene rings is 4. The van der Waals surface area contributed by atoms with E-state index in [1.807, 2.05) is 72.8 Å². The Morgan fingerprint density at radius 2 is 1.54 bits per heavy atom. The molecule has 4 unspecified atom stereocenters. The number of alkyl halides is 3. The normalized spacial score (nSPS) is 21.7. The van der Waals surface area contributed by atoms with E-state index in [4.69, 9.17) is 9.47 Å². The minimum Gasteiger partial charge on any atom is -0.392 e. The number of likely N-dealkylation sites (tertiary alicyclic amines) is 1. The topological polar surface area (TPSA) is 138 Å². The first kappa shape index (κ1) is 39.9. The average molecular weight is 788 g/mol. The van der Waals surface area contributed by atoms with Gasteiger partial charge in [0.25, 0.3) is 5.69 Å². The lowest BCUT2D eigenvalue weighted by atomic mass is 9.97. The van der Waals surface area contributed by atoms with Crippen LogP contribution in [0.1, 0.15) is 53.9 Å². The third kappa shape index (κ3) is 9.45. The summed E-state index contributed by atoms with van der Waals surface area (Å²) in [6.07, 6.45) is -5.05. The number of amides is 2. The second kappa shape index (κ2) is 17.4. The number of nitrogens with zero attached hydrogens (tertiary/aromatic N) is 4. The van der Waals surface area contributed by atoms with Gasteiger partial charge in [-0.15, -0.1) is 0 Å². The summed E-state index contributed by atoms with van der Waals surface area (Å²) in [5.74, 6) is -2.62. The monoisotopic (exact) mass is 787 g/mol. The van der Waals surface area contributed by atoms with Gasteiger partial charge in [0.05, 0.1) is 23.7 Å². The van der Waals surface area contributed by atoms with Crippen molar-refractivity contribution in [3.05, 3.63) is 129 Å². The molecule has 3 saturated heterocycles. The molecule has 0 bridgehead atoms. The first-order chi connectivity index (χ1) is 27.5. The van der Waals surface area contributed by atoms with Crippen molar-refractivity contribution in [3.8, 4) is 11.1 Å². The highest BCUT2D eigenvalue weighted by molar-refractivity contribution is 5.90. The molecular formula is C42H44F3N5O7. The lowest BCUT2D eigenvalue weighted by Gasteiger charge is -2.41. The average Bonchev–Trinajstić information content (AvgIpc) is 3.73. The standard InChI is InChI=1S/C42H44F3N5O7/c43-42(44,45)41(53)49-19-3-6-37(49)39(52)46-25-32-4-1-2-5-36(32)29-11-13-31(14-12-29)40-56-35(24-38(57-40)30-9-7-28(27-51)8-10-30)26-47-20-22-48(23-21-47)33-15-17-34(18-16-33)50(54)55/h1-2,4-5,7-18,35,37-38,40,51H,3,6,19-27H2,(H,46,52). The van der Waals surface area contributed by atoms with E-state index in [-0.39, 0.29) is 44.0 Å². The van der Waals surface area contributed by atoms with E-state index in [9.17, 15) is 38.0 Å². The molecule has 2 N–H and O–H groups in total. The third-order valence-electron chi connectivity index (χ3n) is 10.9. The molecule has 57 heavy (non-hydrogen) atoms. The van der Waals surface area contributed by atoms with Crippen LogP contribution in [0.2, 0.25) is 0 Å². The van der Waals surface area contributed by atoms with E-state index in [2.05, 4.69) is 15.1 Å². The van der Waals surface area contributed by atoms with Crippen LogP contribution < -0.4 is 10.2 Å². The smallest absolute Gasteiger partial charge is 0.392 e. The van der Waals surface area contributed by atoms with E-state index in [1.54, 1.807) is 12.1 Å². The van der Waals surface area contributed by atoms with Gasteiger partial charge in [0.15, 0.2) is 6.29 Å². The van der Waals surface area contributed by atoms with Crippen LogP contribution in [0.5, 0.6) is 0 Å². The molecule has 0 radical (unpaired) electrons. The molecule has 0 saturated carbocycles. The molecule has 300 valence electrons. The van der Waals surface area contributed by atoms with Crippen LogP contribution in [0.3, 0.4) is 0 Å². The summed E-state index contributed by atoms with van der Waals surface area (Å²) in [6, 6.07) is 28.3. The van der Waals surface area contributed by atoms with Crippen LogP contribution in [0.15, 0.2) is 97.1 Å². The number of nitrogens with one attached hydrogen (secondary N) is 1. The zero-order valence-corrected chi connectivity index (χ0v) is 31.1. The lowest BCUT2D eigenvalue weighted by molar-refractivity contribution is -0.384. The minimum absolute atomic E-state index is 0.0596. The number of carbonyl (C=O) groups is 2. The van der Waals surface area contributed by atoms with Crippen molar-refractivity contribution in [2.24, 2.45) is 0 Å². The summed E-state index contributed by atoms with van der Waals surface area (Å²) < 4.78 is 52.6. The molecule has 7 rings (SSSR count). The summed E-state index contributed by atoms with van der Waals surface area (Å²) in [5.41, 5.74) is 6.04. The second-order valence-electron chi connectivity index (χ2n) is 14.6. The van der Waals surface area contributed by atoms with Crippen molar-refractivity contribution in [1.82, 2.24) is 15.1 Å². The van der Waals surface area contributed by atoms with Crippen LogP contribution in [0.25, 0.3) is 11.1 Å².